The molecular formula is C12H16N4OS. The van der Waals surface area contributed by atoms with Crippen LogP contribution in [-0.4, -0.2) is 29.0 Å². The van der Waals surface area contributed by atoms with Crippen molar-refractivity contribution < 1.29 is 4.79 Å². The van der Waals surface area contributed by atoms with E-state index in [-0.39, 0.29) is 5.91 Å². The number of hydrogen-bond acceptors (Lipinski definition) is 4. The molecule has 1 aliphatic heterocycles. The molecule has 0 saturated carbocycles. The van der Waals surface area contributed by atoms with Gasteiger partial charge >= 0.3 is 0 Å². The van der Waals surface area contributed by atoms with Gasteiger partial charge in [-0.3, -0.25) is 4.79 Å². The number of rotatable bonds is 3. The first-order chi connectivity index (χ1) is 8.44. The number of anilines is 1. The van der Waals surface area contributed by atoms with Gasteiger partial charge in [0.05, 0.1) is 11.0 Å². The fourth-order valence-electron chi connectivity index (χ4n) is 2.18. The SMILES string of the molecule is CC1(C(N)=O)CCN(c2ncccc2C(N)=S)C1. The van der Waals surface area contributed by atoms with E-state index < -0.39 is 5.41 Å². The molecule has 4 N–H and O–H groups in total. The Morgan fingerprint density at radius 3 is 2.83 bits per heavy atom. The van der Waals surface area contributed by atoms with Crippen LogP contribution in [0.4, 0.5) is 5.82 Å². The quantitative estimate of drug-likeness (QED) is 0.773. The van der Waals surface area contributed by atoms with Crippen LogP contribution in [0.1, 0.15) is 18.9 Å². The average Bonchev–Trinajstić information content (AvgIpc) is 2.73. The molecule has 1 unspecified atom stereocenters. The molecule has 1 aromatic rings. The van der Waals surface area contributed by atoms with Crippen LogP contribution in [0.3, 0.4) is 0 Å². The van der Waals surface area contributed by atoms with Crippen LogP contribution in [0.5, 0.6) is 0 Å². The highest BCUT2D eigenvalue weighted by Crippen LogP contribution is 2.33. The summed E-state index contributed by atoms with van der Waals surface area (Å²) in [7, 11) is 0. The van der Waals surface area contributed by atoms with Crippen LogP contribution in [0.2, 0.25) is 0 Å². The van der Waals surface area contributed by atoms with Gasteiger partial charge in [0.15, 0.2) is 0 Å². The number of hydrogen-bond donors (Lipinski definition) is 2. The molecule has 1 atom stereocenters. The van der Waals surface area contributed by atoms with Crippen molar-refractivity contribution >= 4 is 28.9 Å². The minimum absolute atomic E-state index is 0.280. The number of nitrogens with two attached hydrogens (primary N) is 2. The molecule has 0 aliphatic carbocycles. The summed E-state index contributed by atoms with van der Waals surface area (Å²) in [6.45, 7) is 3.15. The van der Waals surface area contributed by atoms with Gasteiger partial charge in [0.2, 0.25) is 5.91 Å². The molecule has 1 saturated heterocycles. The van der Waals surface area contributed by atoms with Crippen molar-refractivity contribution in [1.82, 2.24) is 4.98 Å². The number of amides is 1. The van der Waals surface area contributed by atoms with Gasteiger partial charge in [-0.2, -0.15) is 0 Å². The molecule has 0 radical (unpaired) electrons. The Kier molecular flexibility index (Phi) is 3.21. The van der Waals surface area contributed by atoms with Crippen molar-refractivity contribution in [1.29, 1.82) is 0 Å². The van der Waals surface area contributed by atoms with Gasteiger partial charge in [-0.1, -0.05) is 12.2 Å². The summed E-state index contributed by atoms with van der Waals surface area (Å²) >= 11 is 5.01. The molecule has 18 heavy (non-hydrogen) atoms. The van der Waals surface area contributed by atoms with Crippen molar-refractivity contribution in [2.24, 2.45) is 16.9 Å². The van der Waals surface area contributed by atoms with E-state index >= 15 is 0 Å². The number of primary amides is 1. The lowest BCUT2D eigenvalue weighted by molar-refractivity contribution is -0.125. The fourth-order valence-corrected chi connectivity index (χ4v) is 2.34. The standard InChI is InChI=1S/C12H16N4OS/c1-12(11(14)17)4-6-16(7-12)10-8(9(13)18)3-2-5-15-10/h2-3,5H,4,6-7H2,1H3,(H2,13,18)(H2,14,17). The minimum Gasteiger partial charge on any atom is -0.389 e. The molecule has 6 heteroatoms. The maximum Gasteiger partial charge on any atom is 0.225 e. The lowest BCUT2D eigenvalue weighted by Gasteiger charge is -2.23. The Hall–Kier alpha value is -1.69. The molecular weight excluding hydrogens is 248 g/mol. The highest BCUT2D eigenvalue weighted by Gasteiger charge is 2.39. The number of pyridine rings is 1. The molecule has 2 heterocycles. The second-order valence-corrected chi connectivity index (χ2v) is 5.28. The van der Waals surface area contributed by atoms with E-state index in [0.717, 1.165) is 24.3 Å². The van der Waals surface area contributed by atoms with Crippen molar-refractivity contribution in [3.8, 4) is 0 Å². The summed E-state index contributed by atoms with van der Waals surface area (Å²) in [4.78, 5) is 18.1. The van der Waals surface area contributed by atoms with Crippen molar-refractivity contribution in [2.45, 2.75) is 13.3 Å². The van der Waals surface area contributed by atoms with E-state index in [9.17, 15) is 4.79 Å². The normalized spacial score (nSPS) is 23.1. The van der Waals surface area contributed by atoms with Crippen molar-refractivity contribution in [3.05, 3.63) is 23.9 Å². The molecule has 1 amide bonds. The van der Waals surface area contributed by atoms with E-state index in [0.29, 0.717) is 11.5 Å². The third kappa shape index (κ3) is 2.15. The minimum atomic E-state index is -0.509. The Labute approximate surface area is 111 Å². The largest absolute Gasteiger partial charge is 0.389 e. The van der Waals surface area contributed by atoms with Gasteiger partial charge in [0, 0.05) is 19.3 Å². The van der Waals surface area contributed by atoms with Gasteiger partial charge in [-0.25, -0.2) is 4.98 Å². The topological polar surface area (TPSA) is 85.2 Å². The van der Waals surface area contributed by atoms with Gasteiger partial charge in [0.25, 0.3) is 0 Å². The molecule has 0 bridgehead atoms. The van der Waals surface area contributed by atoms with Crippen molar-refractivity contribution in [2.75, 3.05) is 18.0 Å². The summed E-state index contributed by atoms with van der Waals surface area (Å²) in [5.74, 6) is 0.452. The number of carbonyl (C=O) groups is 1. The van der Waals surface area contributed by atoms with E-state index in [1.54, 1.807) is 12.3 Å². The summed E-state index contributed by atoms with van der Waals surface area (Å²) in [6, 6.07) is 3.63. The molecule has 0 aromatic carbocycles. The second kappa shape index (κ2) is 4.53. The van der Waals surface area contributed by atoms with E-state index in [1.807, 2.05) is 17.9 Å². The molecule has 1 fully saturated rings. The summed E-state index contributed by atoms with van der Waals surface area (Å²) < 4.78 is 0. The van der Waals surface area contributed by atoms with Crippen LogP contribution >= 0.6 is 12.2 Å². The first-order valence-electron chi connectivity index (χ1n) is 5.74. The van der Waals surface area contributed by atoms with Gasteiger partial charge < -0.3 is 16.4 Å². The second-order valence-electron chi connectivity index (χ2n) is 4.84. The zero-order valence-corrected chi connectivity index (χ0v) is 11.0. The monoisotopic (exact) mass is 264 g/mol. The lowest BCUT2D eigenvalue weighted by Crippen LogP contribution is -2.37. The first-order valence-corrected chi connectivity index (χ1v) is 6.14. The molecule has 5 nitrogen and oxygen atoms in total. The predicted molar refractivity (Wildman–Crippen MR) is 74.3 cm³/mol. The smallest absolute Gasteiger partial charge is 0.225 e. The van der Waals surface area contributed by atoms with Gasteiger partial charge in [-0.15, -0.1) is 0 Å². The zero-order chi connectivity index (χ0) is 13.3. The van der Waals surface area contributed by atoms with E-state index in [2.05, 4.69) is 4.98 Å². The summed E-state index contributed by atoms with van der Waals surface area (Å²) in [5, 5.41) is 0. The van der Waals surface area contributed by atoms with E-state index in [1.165, 1.54) is 0 Å². The number of nitrogens with zero attached hydrogens (tertiary/aromatic N) is 2. The van der Waals surface area contributed by atoms with Crippen LogP contribution < -0.4 is 16.4 Å². The fraction of sp³-hybridized carbons (Fsp3) is 0.417. The van der Waals surface area contributed by atoms with Crippen molar-refractivity contribution in [3.63, 3.8) is 0 Å². The molecule has 1 aromatic heterocycles. The van der Waals surface area contributed by atoms with Crippen LogP contribution in [0.15, 0.2) is 18.3 Å². The van der Waals surface area contributed by atoms with Gasteiger partial charge in [-0.05, 0) is 25.5 Å². The molecule has 2 rings (SSSR count). The zero-order valence-electron chi connectivity index (χ0n) is 10.2. The van der Waals surface area contributed by atoms with Crippen LogP contribution in [-0.2, 0) is 4.79 Å². The molecule has 1 aliphatic rings. The highest BCUT2D eigenvalue weighted by molar-refractivity contribution is 7.80. The Bertz CT molecular complexity index is 505. The third-order valence-electron chi connectivity index (χ3n) is 3.42. The maximum atomic E-state index is 11.4. The maximum absolute atomic E-state index is 11.4. The van der Waals surface area contributed by atoms with Crippen LogP contribution in [0.25, 0.3) is 0 Å². The highest BCUT2D eigenvalue weighted by atomic mass is 32.1. The predicted octanol–water partition coefficient (Wildman–Crippen LogP) is 0.417. The third-order valence-corrected chi connectivity index (χ3v) is 3.64. The average molecular weight is 264 g/mol. The van der Waals surface area contributed by atoms with Crippen LogP contribution in [0, 0.1) is 5.41 Å². The number of thiocarbonyl (C=S) groups is 1. The molecule has 96 valence electrons. The Morgan fingerprint density at radius 1 is 1.56 bits per heavy atom. The first kappa shape index (κ1) is 12.8. The Balaban J connectivity index is 2.30. The lowest BCUT2D eigenvalue weighted by atomic mass is 9.89. The number of carbonyl (C=O) groups excluding carboxylic acids is 1. The molecule has 0 spiro atoms. The summed E-state index contributed by atoms with van der Waals surface area (Å²) in [5.41, 5.74) is 11.3. The van der Waals surface area contributed by atoms with E-state index in [4.69, 9.17) is 23.7 Å². The van der Waals surface area contributed by atoms with Gasteiger partial charge in [0.1, 0.15) is 10.8 Å². The Morgan fingerprint density at radius 2 is 2.28 bits per heavy atom. The number of aromatic nitrogens is 1. The summed E-state index contributed by atoms with van der Waals surface area (Å²) in [6.07, 6.45) is 2.41.